The highest BCUT2D eigenvalue weighted by Gasteiger charge is 2.36. The number of aromatic amines is 1. The SMILES string of the molecule is Cc1cc(Cl)c(CNC(=O)c2c(C)n(CC3CCC(NC4(C)COC4)CC3)c3ccccc23)c(=O)[nH]1. The quantitative estimate of drug-likeness (QED) is 0.437. The molecule has 3 N–H and O–H groups in total. The van der Waals surface area contributed by atoms with E-state index in [-0.39, 0.29) is 23.6 Å². The number of aromatic nitrogens is 2. The molecule has 192 valence electrons. The first kappa shape index (κ1) is 25.1. The van der Waals surface area contributed by atoms with Crippen LogP contribution in [0.4, 0.5) is 0 Å². The largest absolute Gasteiger partial charge is 0.377 e. The molecule has 8 heteroatoms. The van der Waals surface area contributed by atoms with Crippen LogP contribution in [0.5, 0.6) is 0 Å². The van der Waals surface area contributed by atoms with Crippen molar-refractivity contribution in [2.75, 3.05) is 13.2 Å². The number of ether oxygens (including phenoxy) is 1. The van der Waals surface area contributed by atoms with Crippen LogP contribution < -0.4 is 16.2 Å². The number of hydrogen-bond acceptors (Lipinski definition) is 4. The van der Waals surface area contributed by atoms with E-state index in [2.05, 4.69) is 33.2 Å². The van der Waals surface area contributed by atoms with Crippen molar-refractivity contribution < 1.29 is 9.53 Å². The summed E-state index contributed by atoms with van der Waals surface area (Å²) in [6.07, 6.45) is 4.66. The Morgan fingerprint density at radius 3 is 2.58 bits per heavy atom. The van der Waals surface area contributed by atoms with E-state index >= 15 is 0 Å². The lowest BCUT2D eigenvalue weighted by molar-refractivity contribution is -0.0717. The predicted octanol–water partition coefficient (Wildman–Crippen LogP) is 4.47. The lowest BCUT2D eigenvalue weighted by atomic mass is 9.84. The van der Waals surface area contributed by atoms with Crippen molar-refractivity contribution in [2.24, 2.45) is 5.92 Å². The molecule has 1 aliphatic heterocycles. The molecule has 0 spiro atoms. The van der Waals surface area contributed by atoms with Crippen molar-refractivity contribution in [1.29, 1.82) is 0 Å². The number of benzene rings is 1. The molecule has 1 aliphatic carbocycles. The summed E-state index contributed by atoms with van der Waals surface area (Å²) in [6.45, 7) is 8.62. The molecule has 36 heavy (non-hydrogen) atoms. The molecule has 5 rings (SSSR count). The molecular weight excluding hydrogens is 476 g/mol. The van der Waals surface area contributed by atoms with Gasteiger partial charge in [-0.2, -0.15) is 0 Å². The maximum atomic E-state index is 13.4. The van der Waals surface area contributed by atoms with Crippen LogP contribution >= 0.6 is 11.6 Å². The zero-order valence-corrected chi connectivity index (χ0v) is 22.0. The molecule has 3 aromatic rings. The molecule has 2 fully saturated rings. The van der Waals surface area contributed by atoms with Crippen LogP contribution in [-0.2, 0) is 17.8 Å². The minimum Gasteiger partial charge on any atom is -0.377 e. The molecule has 2 aromatic heterocycles. The molecule has 2 aliphatic rings. The number of rotatable bonds is 7. The average Bonchev–Trinajstić information content (AvgIpc) is 3.09. The summed E-state index contributed by atoms with van der Waals surface area (Å²) in [6, 6.07) is 10.3. The fourth-order valence-corrected chi connectivity index (χ4v) is 6.10. The van der Waals surface area contributed by atoms with Gasteiger partial charge in [-0.1, -0.05) is 29.8 Å². The topological polar surface area (TPSA) is 88.2 Å². The molecule has 1 aromatic carbocycles. The van der Waals surface area contributed by atoms with Gasteiger partial charge >= 0.3 is 0 Å². The summed E-state index contributed by atoms with van der Waals surface area (Å²) in [4.78, 5) is 28.4. The van der Waals surface area contributed by atoms with Gasteiger partial charge in [-0.05, 0) is 64.5 Å². The number of fused-ring (bicyclic) bond motifs is 1. The maximum Gasteiger partial charge on any atom is 0.254 e. The maximum absolute atomic E-state index is 13.4. The normalized spacial score (nSPS) is 21.3. The van der Waals surface area contributed by atoms with Crippen molar-refractivity contribution >= 4 is 28.4 Å². The van der Waals surface area contributed by atoms with E-state index in [1.54, 1.807) is 13.0 Å². The second kappa shape index (κ2) is 10.0. The smallest absolute Gasteiger partial charge is 0.254 e. The summed E-state index contributed by atoms with van der Waals surface area (Å²) in [7, 11) is 0. The second-order valence-corrected chi connectivity index (χ2v) is 11.2. The number of carbonyl (C=O) groups excluding carboxylic acids is 1. The zero-order chi connectivity index (χ0) is 25.4. The van der Waals surface area contributed by atoms with E-state index in [0.717, 1.165) is 62.0 Å². The Hall–Kier alpha value is -2.61. The van der Waals surface area contributed by atoms with Gasteiger partial charge in [-0.25, -0.2) is 0 Å². The first-order valence-electron chi connectivity index (χ1n) is 12.8. The van der Waals surface area contributed by atoms with Gasteiger partial charge in [-0.15, -0.1) is 0 Å². The monoisotopic (exact) mass is 510 g/mol. The molecule has 1 amide bonds. The minimum absolute atomic E-state index is 0.0766. The lowest BCUT2D eigenvalue weighted by Crippen LogP contribution is -2.61. The van der Waals surface area contributed by atoms with Crippen molar-refractivity contribution in [3.8, 4) is 0 Å². The number of nitrogens with zero attached hydrogens (tertiary/aromatic N) is 1. The highest BCUT2D eigenvalue weighted by molar-refractivity contribution is 6.31. The number of halogens is 1. The number of H-pyrrole nitrogens is 1. The van der Waals surface area contributed by atoms with Crippen molar-refractivity contribution in [3.05, 3.63) is 68.2 Å². The second-order valence-electron chi connectivity index (χ2n) is 10.8. The molecule has 0 radical (unpaired) electrons. The first-order chi connectivity index (χ1) is 17.2. The summed E-state index contributed by atoms with van der Waals surface area (Å²) in [5.41, 5.74) is 3.62. The predicted molar refractivity (Wildman–Crippen MR) is 143 cm³/mol. The van der Waals surface area contributed by atoms with Gasteiger partial charge in [0.2, 0.25) is 0 Å². The van der Waals surface area contributed by atoms with Crippen molar-refractivity contribution in [3.63, 3.8) is 0 Å². The average molecular weight is 511 g/mol. The van der Waals surface area contributed by atoms with Crippen LogP contribution in [0.15, 0.2) is 35.1 Å². The van der Waals surface area contributed by atoms with Gasteiger partial charge < -0.3 is 24.9 Å². The molecule has 3 heterocycles. The number of nitrogens with one attached hydrogen (secondary N) is 3. The summed E-state index contributed by atoms with van der Waals surface area (Å²) in [5, 5.41) is 8.02. The molecular formula is C28H35ClN4O3. The van der Waals surface area contributed by atoms with Gasteiger partial charge in [0.1, 0.15) is 0 Å². The van der Waals surface area contributed by atoms with Crippen molar-refractivity contribution in [2.45, 2.75) is 71.1 Å². The van der Waals surface area contributed by atoms with Crippen LogP contribution in [0.3, 0.4) is 0 Å². The number of para-hydroxylation sites is 1. The van der Waals surface area contributed by atoms with Gasteiger partial charge in [0.15, 0.2) is 0 Å². The van der Waals surface area contributed by atoms with Crippen LogP contribution in [-0.4, -0.2) is 40.3 Å². The summed E-state index contributed by atoms with van der Waals surface area (Å²) >= 11 is 6.27. The van der Waals surface area contributed by atoms with E-state index in [4.69, 9.17) is 16.3 Å². The minimum atomic E-state index is -0.275. The number of carbonyl (C=O) groups is 1. The van der Waals surface area contributed by atoms with Crippen LogP contribution in [0, 0.1) is 19.8 Å². The van der Waals surface area contributed by atoms with E-state index in [0.29, 0.717) is 33.8 Å². The van der Waals surface area contributed by atoms with E-state index < -0.39 is 0 Å². The van der Waals surface area contributed by atoms with Crippen LogP contribution in [0.25, 0.3) is 10.9 Å². The van der Waals surface area contributed by atoms with Crippen LogP contribution in [0.2, 0.25) is 5.02 Å². The third-order valence-corrected chi connectivity index (χ3v) is 8.12. The Morgan fingerprint density at radius 2 is 1.92 bits per heavy atom. The van der Waals surface area contributed by atoms with Gasteiger partial charge in [0.05, 0.1) is 41.4 Å². The summed E-state index contributed by atoms with van der Waals surface area (Å²) in [5.74, 6) is 0.381. The number of hydrogen-bond donors (Lipinski definition) is 3. The number of pyridine rings is 1. The number of amides is 1. The Bertz CT molecular complexity index is 1330. The Morgan fingerprint density at radius 1 is 1.19 bits per heavy atom. The highest BCUT2D eigenvalue weighted by Crippen LogP contribution is 2.32. The van der Waals surface area contributed by atoms with Gasteiger partial charge in [0, 0.05) is 34.9 Å². The summed E-state index contributed by atoms with van der Waals surface area (Å²) < 4.78 is 7.69. The van der Waals surface area contributed by atoms with E-state index in [1.165, 1.54) is 0 Å². The van der Waals surface area contributed by atoms with Gasteiger partial charge in [0.25, 0.3) is 11.5 Å². The molecule has 1 saturated carbocycles. The molecule has 0 bridgehead atoms. The molecule has 1 saturated heterocycles. The van der Waals surface area contributed by atoms with Gasteiger partial charge in [-0.3, -0.25) is 9.59 Å². The fraction of sp³-hybridized carbons (Fsp3) is 0.500. The zero-order valence-electron chi connectivity index (χ0n) is 21.2. The van der Waals surface area contributed by atoms with Crippen LogP contribution in [0.1, 0.15) is 59.9 Å². The Labute approximate surface area is 216 Å². The number of aryl methyl sites for hydroxylation is 1. The molecule has 7 nitrogen and oxygen atoms in total. The highest BCUT2D eigenvalue weighted by atomic mass is 35.5. The molecule has 0 atom stereocenters. The molecule has 0 unspecified atom stereocenters. The Kier molecular flexibility index (Phi) is 6.99. The third-order valence-electron chi connectivity index (χ3n) is 7.78. The van der Waals surface area contributed by atoms with E-state index in [9.17, 15) is 9.59 Å². The standard InChI is InChI=1S/C28H35ClN4O3/c1-17-12-23(29)22(26(34)31-17)13-30-27(35)25-18(2)33(24-7-5-4-6-21(24)25)14-19-8-10-20(11-9-19)32-28(3)15-36-16-28/h4-7,12,19-20,32H,8-11,13-16H2,1-3H3,(H,30,35)(H,31,34). The third kappa shape index (κ3) is 4.97. The van der Waals surface area contributed by atoms with Crippen molar-refractivity contribution in [1.82, 2.24) is 20.2 Å². The van der Waals surface area contributed by atoms with E-state index in [1.807, 2.05) is 25.1 Å². The fourth-order valence-electron chi connectivity index (χ4n) is 5.78. The lowest BCUT2D eigenvalue weighted by Gasteiger charge is -2.43. The first-order valence-corrected chi connectivity index (χ1v) is 13.2. The Balaban J connectivity index is 1.31.